The van der Waals surface area contributed by atoms with E-state index >= 15 is 0 Å². The molecule has 0 N–H and O–H groups in total. The Morgan fingerprint density at radius 1 is 1.00 bits per heavy atom. The summed E-state index contributed by atoms with van der Waals surface area (Å²) in [6.07, 6.45) is 0.834. The van der Waals surface area contributed by atoms with Crippen LogP contribution in [0.15, 0.2) is 60.0 Å². The Balaban J connectivity index is 1.57. The van der Waals surface area contributed by atoms with Crippen molar-refractivity contribution in [2.24, 2.45) is 0 Å². The SMILES string of the molecule is COC(=O)CCSC(SCCC(=O)N(C)C)c1ccc(OCc2csc(-c3ccccc3)n2)cc1. The van der Waals surface area contributed by atoms with Gasteiger partial charge in [0, 0.05) is 43.0 Å². The summed E-state index contributed by atoms with van der Waals surface area (Å²) in [7, 11) is 4.93. The third kappa shape index (κ3) is 8.91. The molecule has 9 heteroatoms. The minimum atomic E-state index is -0.217. The van der Waals surface area contributed by atoms with Crippen LogP contribution in [0.5, 0.6) is 5.75 Å². The van der Waals surface area contributed by atoms with E-state index in [1.165, 1.54) is 7.11 Å². The minimum absolute atomic E-state index is 0.107. The summed E-state index contributed by atoms with van der Waals surface area (Å²) in [6.45, 7) is 0.404. The molecule has 0 aliphatic heterocycles. The first-order valence-corrected chi connectivity index (χ1v) is 14.2. The molecule has 0 radical (unpaired) electrons. The third-order valence-electron chi connectivity index (χ3n) is 5.00. The normalized spacial score (nSPS) is 11.6. The van der Waals surface area contributed by atoms with E-state index in [0.29, 0.717) is 31.0 Å². The molecule has 1 atom stereocenters. The summed E-state index contributed by atoms with van der Waals surface area (Å²) in [4.78, 5) is 29.7. The van der Waals surface area contributed by atoms with E-state index in [0.717, 1.165) is 27.6 Å². The van der Waals surface area contributed by atoms with E-state index in [-0.39, 0.29) is 16.5 Å². The highest BCUT2D eigenvalue weighted by Crippen LogP contribution is 2.40. The minimum Gasteiger partial charge on any atom is -0.487 e. The van der Waals surface area contributed by atoms with Crippen LogP contribution in [0.4, 0.5) is 0 Å². The van der Waals surface area contributed by atoms with Crippen molar-refractivity contribution in [3.05, 3.63) is 71.2 Å². The Bertz CT molecular complexity index is 1070. The molecule has 0 bridgehead atoms. The van der Waals surface area contributed by atoms with Gasteiger partial charge in [0.2, 0.25) is 5.91 Å². The molecule has 186 valence electrons. The van der Waals surface area contributed by atoms with Gasteiger partial charge >= 0.3 is 5.97 Å². The zero-order valence-electron chi connectivity index (χ0n) is 20.1. The smallest absolute Gasteiger partial charge is 0.306 e. The van der Waals surface area contributed by atoms with Gasteiger partial charge in [0.05, 0.1) is 23.8 Å². The molecule has 0 aliphatic carbocycles. The van der Waals surface area contributed by atoms with Crippen molar-refractivity contribution in [3.63, 3.8) is 0 Å². The number of esters is 1. The van der Waals surface area contributed by atoms with Gasteiger partial charge in [-0.2, -0.15) is 0 Å². The fourth-order valence-corrected chi connectivity index (χ4v) is 6.51. The lowest BCUT2D eigenvalue weighted by molar-refractivity contribution is -0.140. The Hall–Kier alpha value is -2.49. The fraction of sp³-hybridized carbons (Fsp3) is 0.346. The lowest BCUT2D eigenvalue weighted by Crippen LogP contribution is -2.21. The number of hydrogen-bond acceptors (Lipinski definition) is 8. The summed E-state index contributed by atoms with van der Waals surface area (Å²) in [5.74, 6) is 2.02. The van der Waals surface area contributed by atoms with Crippen molar-refractivity contribution in [1.29, 1.82) is 0 Å². The Labute approximate surface area is 219 Å². The molecule has 1 unspecified atom stereocenters. The van der Waals surface area contributed by atoms with Crippen molar-refractivity contribution < 1.29 is 19.1 Å². The van der Waals surface area contributed by atoms with Crippen LogP contribution in [0, 0.1) is 0 Å². The topological polar surface area (TPSA) is 68.7 Å². The molecule has 1 heterocycles. The molecular weight excluding hydrogens is 500 g/mol. The van der Waals surface area contributed by atoms with Crippen molar-refractivity contribution in [1.82, 2.24) is 9.88 Å². The summed E-state index contributed by atoms with van der Waals surface area (Å²) >= 11 is 5.00. The van der Waals surface area contributed by atoms with Crippen LogP contribution in [0.1, 0.15) is 28.7 Å². The Kier molecular flexibility index (Phi) is 11.0. The number of ether oxygens (including phenoxy) is 2. The second-order valence-electron chi connectivity index (χ2n) is 7.81. The molecule has 6 nitrogen and oxygen atoms in total. The third-order valence-corrected chi connectivity index (χ3v) is 8.78. The molecule has 3 rings (SSSR count). The number of carbonyl (C=O) groups is 2. The molecule has 35 heavy (non-hydrogen) atoms. The molecule has 1 aromatic heterocycles. The molecule has 0 saturated heterocycles. The number of benzene rings is 2. The van der Waals surface area contributed by atoms with Crippen molar-refractivity contribution >= 4 is 46.7 Å². The largest absolute Gasteiger partial charge is 0.487 e. The Morgan fingerprint density at radius 2 is 1.69 bits per heavy atom. The quantitative estimate of drug-likeness (QED) is 0.201. The molecular formula is C26H30N2O4S3. The highest BCUT2D eigenvalue weighted by molar-refractivity contribution is 8.16. The van der Waals surface area contributed by atoms with Crippen LogP contribution in [0.2, 0.25) is 0 Å². The molecule has 0 spiro atoms. The lowest BCUT2D eigenvalue weighted by Gasteiger charge is -2.18. The van der Waals surface area contributed by atoms with Gasteiger partial charge in [0.25, 0.3) is 0 Å². The summed E-state index contributed by atoms with van der Waals surface area (Å²) < 4.78 is 10.8. The lowest BCUT2D eigenvalue weighted by atomic mass is 10.2. The van der Waals surface area contributed by atoms with E-state index < -0.39 is 0 Å². The van der Waals surface area contributed by atoms with Crippen molar-refractivity contribution in [3.8, 4) is 16.3 Å². The summed E-state index contributed by atoms with van der Waals surface area (Å²) in [6, 6.07) is 18.1. The predicted molar refractivity (Wildman–Crippen MR) is 146 cm³/mol. The molecule has 2 aromatic carbocycles. The number of methoxy groups -OCH3 is 1. The monoisotopic (exact) mass is 530 g/mol. The number of amides is 1. The average Bonchev–Trinajstić information content (AvgIpc) is 3.36. The number of thioether (sulfide) groups is 2. The highest BCUT2D eigenvalue weighted by atomic mass is 32.2. The van der Waals surface area contributed by atoms with Gasteiger partial charge in [-0.15, -0.1) is 34.9 Å². The van der Waals surface area contributed by atoms with E-state index in [1.54, 1.807) is 53.9 Å². The second-order valence-corrected chi connectivity index (χ2v) is 11.4. The van der Waals surface area contributed by atoms with Gasteiger partial charge in [-0.3, -0.25) is 9.59 Å². The molecule has 0 fully saturated rings. The molecule has 0 aliphatic rings. The number of hydrogen-bond donors (Lipinski definition) is 0. The number of rotatable bonds is 13. The molecule has 3 aromatic rings. The first kappa shape index (κ1) is 27.1. The van der Waals surface area contributed by atoms with Crippen LogP contribution in [-0.2, 0) is 20.9 Å². The standard InChI is InChI=1S/C26H30N2O4S3/c1-28(2)23(29)13-15-33-26(34-16-14-24(30)31-3)20-9-11-22(12-10-20)32-17-21-18-35-25(27-21)19-7-5-4-6-8-19/h4-12,18,26H,13-17H2,1-3H3. The van der Waals surface area contributed by atoms with Gasteiger partial charge in [-0.25, -0.2) is 4.98 Å². The second kappa shape index (κ2) is 14.2. The van der Waals surface area contributed by atoms with E-state index in [9.17, 15) is 9.59 Å². The van der Waals surface area contributed by atoms with E-state index in [4.69, 9.17) is 9.47 Å². The summed E-state index contributed by atoms with van der Waals surface area (Å²) in [5, 5.41) is 3.01. The van der Waals surface area contributed by atoms with E-state index in [2.05, 4.69) is 17.1 Å². The number of aromatic nitrogens is 1. The van der Waals surface area contributed by atoms with Crippen LogP contribution in [-0.4, -0.2) is 54.5 Å². The maximum atomic E-state index is 11.9. The Morgan fingerprint density at radius 3 is 2.34 bits per heavy atom. The number of carbonyl (C=O) groups excluding carboxylic acids is 2. The maximum absolute atomic E-state index is 11.9. The molecule has 1 amide bonds. The van der Waals surface area contributed by atoms with Gasteiger partial charge < -0.3 is 14.4 Å². The first-order chi connectivity index (χ1) is 17.0. The van der Waals surface area contributed by atoms with E-state index in [1.807, 2.05) is 47.8 Å². The van der Waals surface area contributed by atoms with Gasteiger partial charge in [-0.1, -0.05) is 42.5 Å². The van der Waals surface area contributed by atoms with Gasteiger partial charge in [0.1, 0.15) is 17.4 Å². The highest BCUT2D eigenvalue weighted by Gasteiger charge is 2.16. The predicted octanol–water partition coefficient (Wildman–Crippen LogP) is 5.90. The van der Waals surface area contributed by atoms with Crippen LogP contribution in [0.25, 0.3) is 10.6 Å². The first-order valence-electron chi connectivity index (χ1n) is 11.2. The van der Waals surface area contributed by atoms with Gasteiger partial charge in [-0.05, 0) is 17.7 Å². The maximum Gasteiger partial charge on any atom is 0.306 e. The zero-order chi connectivity index (χ0) is 25.0. The van der Waals surface area contributed by atoms with Crippen LogP contribution >= 0.6 is 34.9 Å². The van der Waals surface area contributed by atoms with Gasteiger partial charge in [0.15, 0.2) is 0 Å². The average molecular weight is 531 g/mol. The molecule has 0 saturated carbocycles. The van der Waals surface area contributed by atoms with Crippen molar-refractivity contribution in [2.45, 2.75) is 24.0 Å². The number of nitrogens with zero attached hydrogens (tertiary/aromatic N) is 2. The zero-order valence-corrected chi connectivity index (χ0v) is 22.6. The fourth-order valence-electron chi connectivity index (χ4n) is 3.03. The number of thiazole rings is 1. The summed E-state index contributed by atoms with van der Waals surface area (Å²) in [5.41, 5.74) is 3.12. The van der Waals surface area contributed by atoms with Crippen LogP contribution in [0.3, 0.4) is 0 Å². The van der Waals surface area contributed by atoms with Crippen LogP contribution < -0.4 is 4.74 Å². The van der Waals surface area contributed by atoms with Crippen molar-refractivity contribution in [2.75, 3.05) is 32.7 Å².